The van der Waals surface area contributed by atoms with Gasteiger partial charge >= 0.3 is 0 Å². The Morgan fingerprint density at radius 1 is 1.37 bits per heavy atom. The number of nitrogens with one attached hydrogen (secondary N) is 1. The van der Waals surface area contributed by atoms with Gasteiger partial charge in [0.15, 0.2) is 0 Å². The first kappa shape index (κ1) is 13.9. The second-order valence-corrected chi connectivity index (χ2v) is 5.07. The standard InChI is InChI=1S/C15H19ClN2O/c1-4-7-14-10(2)15(18-17-14)19-11(3)12-8-5-6-9-13(12)16/h5-6,8-9,11H,4,7H2,1-3H3,(H,17,18)/t11-/m0/s1. The van der Waals surface area contributed by atoms with E-state index in [-0.39, 0.29) is 6.10 Å². The molecular formula is C15H19ClN2O. The van der Waals surface area contributed by atoms with E-state index in [4.69, 9.17) is 16.3 Å². The number of hydrogen-bond donors (Lipinski definition) is 1. The maximum Gasteiger partial charge on any atom is 0.236 e. The minimum absolute atomic E-state index is 0.120. The number of nitrogens with zero attached hydrogens (tertiary/aromatic N) is 1. The summed E-state index contributed by atoms with van der Waals surface area (Å²) in [5, 5.41) is 8.00. The molecule has 0 aliphatic rings. The molecule has 1 atom stereocenters. The molecule has 1 heterocycles. The fourth-order valence-electron chi connectivity index (χ4n) is 2.06. The number of halogens is 1. The lowest BCUT2D eigenvalue weighted by atomic mass is 10.1. The van der Waals surface area contributed by atoms with Crippen molar-refractivity contribution in [2.45, 2.75) is 39.7 Å². The van der Waals surface area contributed by atoms with Crippen LogP contribution in [0.4, 0.5) is 0 Å². The van der Waals surface area contributed by atoms with Crippen LogP contribution in [0.5, 0.6) is 5.88 Å². The van der Waals surface area contributed by atoms with Gasteiger partial charge in [0.1, 0.15) is 6.10 Å². The maximum absolute atomic E-state index is 6.17. The Bertz CT molecular complexity index is 551. The van der Waals surface area contributed by atoms with Crippen LogP contribution in [0.1, 0.15) is 43.2 Å². The third-order valence-corrected chi connectivity index (χ3v) is 3.54. The van der Waals surface area contributed by atoms with Gasteiger partial charge in [0.2, 0.25) is 5.88 Å². The zero-order chi connectivity index (χ0) is 13.8. The van der Waals surface area contributed by atoms with Gasteiger partial charge in [0, 0.05) is 21.8 Å². The average molecular weight is 279 g/mol. The Balaban J connectivity index is 2.15. The molecule has 0 bridgehead atoms. The van der Waals surface area contributed by atoms with E-state index < -0.39 is 0 Å². The van der Waals surface area contributed by atoms with E-state index in [1.54, 1.807) is 0 Å². The molecule has 19 heavy (non-hydrogen) atoms. The topological polar surface area (TPSA) is 37.9 Å². The molecule has 0 fully saturated rings. The molecule has 1 N–H and O–H groups in total. The summed E-state index contributed by atoms with van der Waals surface area (Å²) in [6.07, 6.45) is 1.95. The van der Waals surface area contributed by atoms with Crippen LogP contribution in [0.3, 0.4) is 0 Å². The lowest BCUT2D eigenvalue weighted by Gasteiger charge is -2.15. The van der Waals surface area contributed by atoms with Crippen molar-refractivity contribution in [3.63, 3.8) is 0 Å². The Kier molecular flexibility index (Phi) is 4.48. The van der Waals surface area contributed by atoms with Gasteiger partial charge in [-0.3, -0.25) is 5.10 Å². The van der Waals surface area contributed by atoms with E-state index in [2.05, 4.69) is 17.1 Å². The maximum atomic E-state index is 6.17. The van der Waals surface area contributed by atoms with E-state index in [1.165, 1.54) is 0 Å². The first-order valence-corrected chi connectivity index (χ1v) is 6.96. The molecule has 1 aromatic heterocycles. The molecule has 1 aromatic carbocycles. The van der Waals surface area contributed by atoms with Gasteiger partial charge in [-0.1, -0.05) is 43.1 Å². The summed E-state index contributed by atoms with van der Waals surface area (Å²) < 4.78 is 5.91. The smallest absolute Gasteiger partial charge is 0.236 e. The monoisotopic (exact) mass is 278 g/mol. The first-order valence-electron chi connectivity index (χ1n) is 6.58. The highest BCUT2D eigenvalue weighted by atomic mass is 35.5. The van der Waals surface area contributed by atoms with Gasteiger partial charge in [0.25, 0.3) is 0 Å². The van der Waals surface area contributed by atoms with Crippen molar-refractivity contribution in [2.75, 3.05) is 0 Å². The molecule has 0 unspecified atom stereocenters. The molecule has 2 rings (SSSR count). The molecule has 0 aliphatic carbocycles. The molecule has 102 valence electrons. The van der Waals surface area contributed by atoms with Crippen molar-refractivity contribution < 1.29 is 4.74 Å². The summed E-state index contributed by atoms with van der Waals surface area (Å²) in [5.41, 5.74) is 3.20. The fraction of sp³-hybridized carbons (Fsp3) is 0.400. The Morgan fingerprint density at radius 3 is 2.79 bits per heavy atom. The van der Waals surface area contributed by atoms with Crippen LogP contribution in [0.2, 0.25) is 5.02 Å². The zero-order valence-corrected chi connectivity index (χ0v) is 12.3. The van der Waals surface area contributed by atoms with Crippen LogP contribution in [0, 0.1) is 6.92 Å². The summed E-state index contributed by atoms with van der Waals surface area (Å²) >= 11 is 6.17. The number of H-pyrrole nitrogens is 1. The minimum atomic E-state index is -0.120. The highest BCUT2D eigenvalue weighted by Gasteiger charge is 2.15. The Labute approximate surface area is 118 Å². The van der Waals surface area contributed by atoms with Crippen LogP contribution < -0.4 is 4.74 Å². The number of aromatic nitrogens is 2. The molecule has 4 heteroatoms. The first-order chi connectivity index (χ1) is 9.13. The van der Waals surface area contributed by atoms with Gasteiger partial charge in [0.05, 0.1) is 0 Å². The second kappa shape index (κ2) is 6.11. The van der Waals surface area contributed by atoms with Gasteiger partial charge < -0.3 is 4.74 Å². The molecule has 3 nitrogen and oxygen atoms in total. The van der Waals surface area contributed by atoms with E-state index >= 15 is 0 Å². The average Bonchev–Trinajstić information content (AvgIpc) is 2.72. The van der Waals surface area contributed by atoms with Gasteiger partial charge in [-0.15, -0.1) is 5.10 Å². The summed E-state index contributed by atoms with van der Waals surface area (Å²) in [4.78, 5) is 0. The molecule has 0 saturated carbocycles. The van der Waals surface area contributed by atoms with Crippen molar-refractivity contribution in [1.82, 2.24) is 10.2 Å². The summed E-state index contributed by atoms with van der Waals surface area (Å²) in [6.45, 7) is 6.16. The number of rotatable bonds is 5. The molecule has 0 aliphatic heterocycles. The third-order valence-electron chi connectivity index (χ3n) is 3.20. The normalized spacial score (nSPS) is 12.4. The van der Waals surface area contributed by atoms with Crippen molar-refractivity contribution in [3.8, 4) is 5.88 Å². The van der Waals surface area contributed by atoms with Crippen LogP contribution in [-0.2, 0) is 6.42 Å². The second-order valence-electron chi connectivity index (χ2n) is 4.66. The highest BCUT2D eigenvalue weighted by molar-refractivity contribution is 6.31. The number of benzene rings is 1. The van der Waals surface area contributed by atoms with Crippen LogP contribution in [0.25, 0.3) is 0 Å². The van der Waals surface area contributed by atoms with Gasteiger partial charge in [-0.05, 0) is 26.3 Å². The molecule has 0 saturated heterocycles. The molecule has 2 aromatic rings. The van der Waals surface area contributed by atoms with Crippen LogP contribution in [0.15, 0.2) is 24.3 Å². The number of ether oxygens (including phenoxy) is 1. The van der Waals surface area contributed by atoms with E-state index in [0.717, 1.165) is 34.7 Å². The van der Waals surface area contributed by atoms with E-state index in [0.29, 0.717) is 5.88 Å². The van der Waals surface area contributed by atoms with Crippen molar-refractivity contribution >= 4 is 11.6 Å². The van der Waals surface area contributed by atoms with E-state index in [1.807, 2.05) is 38.1 Å². The summed E-state index contributed by atoms with van der Waals surface area (Å²) in [7, 11) is 0. The molecule has 0 radical (unpaired) electrons. The minimum Gasteiger partial charge on any atom is -0.468 e. The Hall–Kier alpha value is -1.48. The lowest BCUT2D eigenvalue weighted by Crippen LogP contribution is -2.04. The van der Waals surface area contributed by atoms with Crippen molar-refractivity contribution in [3.05, 3.63) is 46.1 Å². The molecule has 0 spiro atoms. The lowest BCUT2D eigenvalue weighted by molar-refractivity contribution is 0.216. The predicted molar refractivity (Wildman–Crippen MR) is 77.8 cm³/mol. The van der Waals surface area contributed by atoms with Crippen LogP contribution in [-0.4, -0.2) is 10.2 Å². The molecule has 0 amide bonds. The SMILES string of the molecule is CCCc1[nH]nc(O[C@@H](C)c2ccccc2Cl)c1C. The number of hydrogen-bond acceptors (Lipinski definition) is 2. The van der Waals surface area contributed by atoms with Crippen molar-refractivity contribution in [2.24, 2.45) is 0 Å². The molecular weight excluding hydrogens is 260 g/mol. The zero-order valence-electron chi connectivity index (χ0n) is 11.5. The predicted octanol–water partition coefficient (Wildman–Crippen LogP) is 4.46. The number of aryl methyl sites for hydroxylation is 1. The van der Waals surface area contributed by atoms with Gasteiger partial charge in [-0.2, -0.15) is 0 Å². The fourth-order valence-corrected chi connectivity index (χ4v) is 2.35. The van der Waals surface area contributed by atoms with Gasteiger partial charge in [-0.25, -0.2) is 0 Å². The highest BCUT2D eigenvalue weighted by Crippen LogP contribution is 2.28. The van der Waals surface area contributed by atoms with Crippen LogP contribution >= 0.6 is 11.6 Å². The largest absolute Gasteiger partial charge is 0.468 e. The van der Waals surface area contributed by atoms with E-state index in [9.17, 15) is 0 Å². The summed E-state index contributed by atoms with van der Waals surface area (Å²) in [5.74, 6) is 0.663. The number of aromatic amines is 1. The quantitative estimate of drug-likeness (QED) is 0.876. The Morgan fingerprint density at radius 2 is 2.11 bits per heavy atom. The van der Waals surface area contributed by atoms with Crippen molar-refractivity contribution in [1.29, 1.82) is 0 Å². The summed E-state index contributed by atoms with van der Waals surface area (Å²) in [6, 6.07) is 7.72. The third kappa shape index (κ3) is 3.10.